The maximum absolute atomic E-state index is 13.1. The Morgan fingerprint density at radius 3 is 2.57 bits per heavy atom. The quantitative estimate of drug-likeness (QED) is 0.539. The molecule has 1 amide bonds. The lowest BCUT2D eigenvalue weighted by Crippen LogP contribution is -2.30. The number of hydrogen-bond donors (Lipinski definition) is 1. The zero-order chi connectivity index (χ0) is 20.3. The first kappa shape index (κ1) is 18.9. The Kier molecular flexibility index (Phi) is 5.25. The van der Waals surface area contributed by atoms with Crippen LogP contribution in [0.5, 0.6) is 0 Å². The summed E-state index contributed by atoms with van der Waals surface area (Å²) < 4.78 is 14.1. The largest absolute Gasteiger partial charge is 0.344 e. The molecule has 0 spiro atoms. The van der Waals surface area contributed by atoms with Gasteiger partial charge in [-0.2, -0.15) is 9.78 Å². The van der Waals surface area contributed by atoms with Crippen molar-refractivity contribution in [3.63, 3.8) is 0 Å². The molecule has 0 aliphatic rings. The van der Waals surface area contributed by atoms with Crippen molar-refractivity contribution in [2.24, 2.45) is 0 Å². The molecule has 0 saturated heterocycles. The maximum atomic E-state index is 13.1. The summed E-state index contributed by atoms with van der Waals surface area (Å²) in [7, 11) is 0. The Morgan fingerprint density at radius 2 is 1.89 bits per heavy atom. The molecule has 0 bridgehead atoms. The van der Waals surface area contributed by atoms with Crippen molar-refractivity contribution in [3.05, 3.63) is 98.2 Å². The third-order valence-corrected chi connectivity index (χ3v) is 4.03. The summed E-state index contributed by atoms with van der Waals surface area (Å²) in [6.07, 6.45) is 0. The van der Waals surface area contributed by atoms with E-state index in [0.29, 0.717) is 11.3 Å². The number of amides is 1. The van der Waals surface area contributed by atoms with Crippen molar-refractivity contribution >= 4 is 11.6 Å². The first-order valence-electron chi connectivity index (χ1n) is 8.26. The lowest BCUT2D eigenvalue weighted by molar-refractivity contribution is -0.384. The Morgan fingerprint density at radius 1 is 1.18 bits per heavy atom. The monoisotopic (exact) mass is 382 g/mol. The average molecular weight is 382 g/mol. The van der Waals surface area contributed by atoms with Crippen molar-refractivity contribution in [1.82, 2.24) is 15.1 Å². The second kappa shape index (κ2) is 7.78. The molecule has 3 rings (SSSR count). The van der Waals surface area contributed by atoms with Crippen molar-refractivity contribution in [2.45, 2.75) is 13.0 Å². The molecule has 0 aliphatic heterocycles. The molecule has 0 saturated carbocycles. The molecule has 1 heterocycles. The average Bonchev–Trinajstić information content (AvgIpc) is 2.69. The van der Waals surface area contributed by atoms with Crippen LogP contribution in [0.2, 0.25) is 0 Å². The van der Waals surface area contributed by atoms with Gasteiger partial charge in [0.2, 0.25) is 0 Å². The highest BCUT2D eigenvalue weighted by Gasteiger charge is 2.16. The summed E-state index contributed by atoms with van der Waals surface area (Å²) in [5, 5.41) is 17.6. The second-order valence-electron chi connectivity index (χ2n) is 5.99. The molecule has 0 aliphatic carbocycles. The molecule has 1 N–H and O–H groups in total. The molecule has 1 unspecified atom stereocenters. The molecule has 0 fully saturated rings. The molecule has 1 atom stereocenters. The van der Waals surface area contributed by atoms with Crippen molar-refractivity contribution in [1.29, 1.82) is 0 Å². The fourth-order valence-electron chi connectivity index (χ4n) is 2.56. The van der Waals surface area contributed by atoms with Gasteiger partial charge in [-0.15, -0.1) is 0 Å². The highest BCUT2D eigenvalue weighted by Crippen LogP contribution is 2.19. The third kappa shape index (κ3) is 4.09. The number of aromatic nitrogens is 2. The van der Waals surface area contributed by atoms with Crippen molar-refractivity contribution in [2.75, 3.05) is 0 Å². The number of nitrogens with one attached hydrogen (secondary N) is 1. The Balaban J connectivity index is 1.84. The van der Waals surface area contributed by atoms with Crippen LogP contribution in [0.25, 0.3) is 5.69 Å². The SMILES string of the molecule is CC(NC(=O)c1ccc(=O)n(-c2ccc(F)cc2)n1)c1cccc([N+](=O)[O-])c1. The van der Waals surface area contributed by atoms with E-state index in [-0.39, 0.29) is 11.4 Å². The minimum Gasteiger partial charge on any atom is -0.344 e. The van der Waals surface area contributed by atoms with Gasteiger partial charge in [-0.3, -0.25) is 19.7 Å². The smallest absolute Gasteiger partial charge is 0.272 e. The summed E-state index contributed by atoms with van der Waals surface area (Å²) in [4.78, 5) is 34.9. The number of hydrogen-bond acceptors (Lipinski definition) is 5. The van der Waals surface area contributed by atoms with E-state index in [1.54, 1.807) is 13.0 Å². The molecular formula is C19H15FN4O4. The topological polar surface area (TPSA) is 107 Å². The predicted molar refractivity (Wildman–Crippen MR) is 98.8 cm³/mol. The van der Waals surface area contributed by atoms with Crippen molar-refractivity contribution < 1.29 is 14.1 Å². The molecule has 2 aromatic carbocycles. The lowest BCUT2D eigenvalue weighted by atomic mass is 10.1. The lowest BCUT2D eigenvalue weighted by Gasteiger charge is -2.14. The van der Waals surface area contributed by atoms with Crippen molar-refractivity contribution in [3.8, 4) is 5.69 Å². The van der Waals surface area contributed by atoms with Crippen LogP contribution in [0.3, 0.4) is 0 Å². The summed E-state index contributed by atoms with van der Waals surface area (Å²) in [6.45, 7) is 1.67. The highest BCUT2D eigenvalue weighted by atomic mass is 19.1. The van der Waals surface area contributed by atoms with Gasteiger partial charge in [-0.05, 0) is 42.8 Å². The minimum absolute atomic E-state index is 0.0267. The first-order valence-corrected chi connectivity index (χ1v) is 8.26. The van der Waals surface area contributed by atoms with Gasteiger partial charge in [0.1, 0.15) is 11.5 Å². The van der Waals surface area contributed by atoms with Gasteiger partial charge in [0.15, 0.2) is 0 Å². The zero-order valence-electron chi connectivity index (χ0n) is 14.7. The van der Waals surface area contributed by atoms with E-state index in [0.717, 1.165) is 4.68 Å². The molecule has 28 heavy (non-hydrogen) atoms. The number of benzene rings is 2. The van der Waals surface area contributed by atoms with Gasteiger partial charge in [-0.25, -0.2) is 4.39 Å². The first-order chi connectivity index (χ1) is 13.3. The van der Waals surface area contributed by atoms with E-state index in [4.69, 9.17) is 0 Å². The van der Waals surface area contributed by atoms with E-state index in [1.165, 1.54) is 54.6 Å². The van der Waals surface area contributed by atoms with Gasteiger partial charge < -0.3 is 5.32 Å². The normalized spacial score (nSPS) is 11.6. The van der Waals surface area contributed by atoms with Crippen LogP contribution in [0.15, 0.2) is 65.5 Å². The standard InChI is InChI=1S/C19H15FN4O4/c1-12(13-3-2-4-16(11-13)24(27)28)21-19(26)17-9-10-18(25)23(22-17)15-7-5-14(20)6-8-15/h2-12H,1H3,(H,21,26). The van der Waals surface area contributed by atoms with Gasteiger partial charge in [-0.1, -0.05) is 12.1 Å². The maximum Gasteiger partial charge on any atom is 0.272 e. The minimum atomic E-state index is -0.560. The van der Waals surface area contributed by atoms with E-state index in [9.17, 15) is 24.1 Å². The van der Waals surface area contributed by atoms with Gasteiger partial charge in [0.05, 0.1) is 16.7 Å². The van der Waals surface area contributed by atoms with Gasteiger partial charge in [0, 0.05) is 18.2 Å². The molecule has 142 valence electrons. The number of rotatable bonds is 5. The van der Waals surface area contributed by atoms with Crippen LogP contribution >= 0.6 is 0 Å². The van der Waals surface area contributed by atoms with E-state index in [1.807, 2.05) is 0 Å². The van der Waals surface area contributed by atoms with E-state index < -0.39 is 28.2 Å². The molecule has 1 aromatic heterocycles. The zero-order valence-corrected chi connectivity index (χ0v) is 14.7. The van der Waals surface area contributed by atoms with E-state index >= 15 is 0 Å². The summed E-state index contributed by atoms with van der Waals surface area (Å²) in [6, 6.07) is 13.0. The van der Waals surface area contributed by atoms with Crippen LogP contribution in [0.1, 0.15) is 29.0 Å². The van der Waals surface area contributed by atoms with E-state index in [2.05, 4.69) is 10.4 Å². The molecular weight excluding hydrogens is 367 g/mol. The number of halogens is 1. The fourth-order valence-corrected chi connectivity index (χ4v) is 2.56. The number of carbonyl (C=O) groups is 1. The number of non-ortho nitro benzene ring substituents is 1. The fraction of sp³-hybridized carbons (Fsp3) is 0.105. The molecule has 9 heteroatoms. The molecule has 8 nitrogen and oxygen atoms in total. The molecule has 0 radical (unpaired) electrons. The van der Waals surface area contributed by atoms with Crippen LogP contribution in [0.4, 0.5) is 10.1 Å². The summed E-state index contributed by atoms with van der Waals surface area (Å²) in [5.41, 5.74) is 0.278. The number of nitro groups is 1. The van der Waals surface area contributed by atoms with Crippen LogP contribution in [-0.4, -0.2) is 20.6 Å². The summed E-state index contributed by atoms with van der Waals surface area (Å²) >= 11 is 0. The summed E-state index contributed by atoms with van der Waals surface area (Å²) in [5.74, 6) is -1.02. The third-order valence-electron chi connectivity index (χ3n) is 4.03. The van der Waals surface area contributed by atoms with Crippen LogP contribution < -0.4 is 10.9 Å². The Bertz CT molecular complexity index is 1100. The van der Waals surface area contributed by atoms with Crippen LogP contribution in [-0.2, 0) is 0 Å². The second-order valence-corrected chi connectivity index (χ2v) is 5.99. The van der Waals surface area contributed by atoms with Crippen LogP contribution in [0, 0.1) is 15.9 Å². The molecule has 3 aromatic rings. The van der Waals surface area contributed by atoms with Gasteiger partial charge >= 0.3 is 0 Å². The Labute approximate surface area is 158 Å². The predicted octanol–water partition coefficient (Wildman–Crippen LogP) is 2.77. The highest BCUT2D eigenvalue weighted by molar-refractivity contribution is 5.92. The Hall–Kier alpha value is -3.88. The number of nitrogens with zero attached hydrogens (tertiary/aromatic N) is 3. The number of carbonyl (C=O) groups excluding carboxylic acids is 1. The number of nitro benzene ring substituents is 1. The van der Waals surface area contributed by atoms with Gasteiger partial charge in [0.25, 0.3) is 17.2 Å².